The lowest BCUT2D eigenvalue weighted by atomic mass is 9.77. The minimum absolute atomic E-state index is 0.349. The average Bonchev–Trinajstić information content (AvgIpc) is 2.04. The van der Waals surface area contributed by atoms with E-state index in [4.69, 9.17) is 16.7 Å². The predicted octanol–water partition coefficient (Wildman–Crippen LogP) is 3.01. The Labute approximate surface area is 80.1 Å². The van der Waals surface area contributed by atoms with Crippen LogP contribution in [0.1, 0.15) is 39.5 Å². The van der Waals surface area contributed by atoms with Gasteiger partial charge < -0.3 is 5.11 Å². The first-order valence-electron chi connectivity index (χ1n) is 4.93. The highest BCUT2D eigenvalue weighted by molar-refractivity contribution is 6.19. The summed E-state index contributed by atoms with van der Waals surface area (Å²) in [4.78, 5) is 0. The molecule has 0 amide bonds. The van der Waals surface area contributed by atoms with Gasteiger partial charge in [0, 0.05) is 0 Å². The van der Waals surface area contributed by atoms with Crippen molar-refractivity contribution in [3.63, 3.8) is 0 Å². The summed E-state index contributed by atoms with van der Waals surface area (Å²) >= 11 is 5.64. The van der Waals surface area contributed by atoms with E-state index in [1.165, 1.54) is 12.8 Å². The Morgan fingerprint density at radius 1 is 1.08 bits per heavy atom. The van der Waals surface area contributed by atoms with Gasteiger partial charge in [-0.2, -0.15) is 0 Å². The summed E-state index contributed by atoms with van der Waals surface area (Å²) in [5.41, 5.74) is -0.613. The number of hydrogen-bond acceptors (Lipinski definition) is 1. The van der Waals surface area contributed by atoms with E-state index in [0.717, 1.165) is 24.7 Å². The third kappa shape index (κ3) is 2.63. The first-order valence-corrected chi connectivity index (χ1v) is 5.37. The molecule has 0 aromatic rings. The molecule has 0 radical (unpaired) electrons. The van der Waals surface area contributed by atoms with Gasteiger partial charge in [0.05, 0.1) is 0 Å². The molecule has 12 heavy (non-hydrogen) atoms. The van der Waals surface area contributed by atoms with Crippen LogP contribution in [0.2, 0.25) is 0 Å². The number of aliphatic hydroxyl groups is 1. The van der Waals surface area contributed by atoms with E-state index in [2.05, 4.69) is 13.8 Å². The van der Waals surface area contributed by atoms with Crippen molar-refractivity contribution in [2.75, 3.05) is 0 Å². The molecule has 1 nitrogen and oxygen atoms in total. The molecule has 0 saturated heterocycles. The van der Waals surface area contributed by atoms with Gasteiger partial charge in [0.1, 0.15) is 5.56 Å². The molecule has 1 fully saturated rings. The zero-order chi connectivity index (χ0) is 9.14. The highest BCUT2D eigenvalue weighted by atomic mass is 35.5. The van der Waals surface area contributed by atoms with E-state index in [-0.39, 0.29) is 0 Å². The third-order valence-corrected chi connectivity index (χ3v) is 3.50. The van der Waals surface area contributed by atoms with Crippen LogP contribution in [0.15, 0.2) is 0 Å². The van der Waals surface area contributed by atoms with Gasteiger partial charge in [0.15, 0.2) is 0 Å². The van der Waals surface area contributed by atoms with Crippen molar-refractivity contribution in [1.29, 1.82) is 0 Å². The van der Waals surface area contributed by atoms with Gasteiger partial charge in [-0.1, -0.05) is 25.4 Å². The van der Waals surface area contributed by atoms with Gasteiger partial charge in [0.25, 0.3) is 0 Å². The predicted molar refractivity (Wildman–Crippen MR) is 52.1 cm³/mol. The quantitative estimate of drug-likeness (QED) is 0.664. The Morgan fingerprint density at radius 2 is 1.50 bits per heavy atom. The topological polar surface area (TPSA) is 20.2 Å². The minimum Gasteiger partial charge on any atom is -0.377 e. The fourth-order valence-electron chi connectivity index (χ4n) is 2.09. The van der Waals surface area contributed by atoms with Crippen molar-refractivity contribution in [2.45, 2.75) is 45.1 Å². The molecule has 0 heterocycles. The molecular formula is C10H19ClO. The van der Waals surface area contributed by atoms with Crippen molar-refractivity contribution < 1.29 is 5.11 Å². The Morgan fingerprint density at radius 3 is 1.83 bits per heavy atom. The van der Waals surface area contributed by atoms with E-state index < -0.39 is 5.56 Å². The van der Waals surface area contributed by atoms with Gasteiger partial charge in [-0.05, 0) is 43.4 Å². The smallest absolute Gasteiger partial charge is 0.130 e. The highest BCUT2D eigenvalue weighted by Gasteiger charge is 2.26. The maximum atomic E-state index is 9.17. The van der Waals surface area contributed by atoms with Gasteiger partial charge in [-0.25, -0.2) is 0 Å². The number of rotatable bonds is 2. The van der Waals surface area contributed by atoms with Crippen LogP contribution in [0, 0.1) is 17.8 Å². The lowest BCUT2D eigenvalue weighted by Crippen LogP contribution is -2.24. The standard InChI is InChI=1S/C10H19ClO/c1-7(2)8-3-5-9(6-4-8)10(11)12/h7-10,12H,3-6H2,1-2H3/t8-,9-,10?. The maximum absolute atomic E-state index is 9.17. The second-order valence-corrected chi connectivity index (χ2v) is 4.74. The monoisotopic (exact) mass is 190 g/mol. The van der Waals surface area contributed by atoms with Crippen molar-refractivity contribution in [3.8, 4) is 0 Å². The molecule has 0 aromatic heterocycles. The summed E-state index contributed by atoms with van der Waals surface area (Å²) in [6.45, 7) is 4.56. The molecule has 1 rings (SSSR count). The fourth-order valence-corrected chi connectivity index (χ4v) is 2.34. The van der Waals surface area contributed by atoms with Crippen LogP contribution < -0.4 is 0 Å². The van der Waals surface area contributed by atoms with Crippen molar-refractivity contribution in [1.82, 2.24) is 0 Å². The summed E-state index contributed by atoms with van der Waals surface area (Å²) in [5.74, 6) is 2.00. The molecule has 0 spiro atoms. The average molecular weight is 191 g/mol. The summed E-state index contributed by atoms with van der Waals surface area (Å²) in [7, 11) is 0. The van der Waals surface area contributed by atoms with Crippen LogP contribution in [-0.4, -0.2) is 10.7 Å². The number of halogens is 1. The van der Waals surface area contributed by atoms with Gasteiger partial charge in [0.2, 0.25) is 0 Å². The van der Waals surface area contributed by atoms with Gasteiger partial charge >= 0.3 is 0 Å². The first-order chi connectivity index (χ1) is 5.61. The van der Waals surface area contributed by atoms with Gasteiger partial charge in [-0.3, -0.25) is 0 Å². The Balaban J connectivity index is 2.30. The van der Waals surface area contributed by atoms with Crippen LogP contribution in [0.25, 0.3) is 0 Å². The normalized spacial score (nSPS) is 33.8. The third-order valence-electron chi connectivity index (χ3n) is 3.15. The molecule has 1 aliphatic carbocycles. The van der Waals surface area contributed by atoms with E-state index in [1.807, 2.05) is 0 Å². The zero-order valence-corrected chi connectivity index (χ0v) is 8.72. The molecule has 2 heteroatoms. The van der Waals surface area contributed by atoms with E-state index in [9.17, 15) is 0 Å². The molecule has 1 atom stereocenters. The summed E-state index contributed by atoms with van der Waals surface area (Å²) in [5, 5.41) is 9.17. The summed E-state index contributed by atoms with van der Waals surface area (Å²) < 4.78 is 0. The van der Waals surface area contributed by atoms with Gasteiger partial charge in [-0.15, -0.1) is 0 Å². The summed E-state index contributed by atoms with van der Waals surface area (Å²) in [6.07, 6.45) is 4.69. The zero-order valence-electron chi connectivity index (χ0n) is 7.96. The second-order valence-electron chi connectivity index (χ2n) is 4.29. The largest absolute Gasteiger partial charge is 0.377 e. The van der Waals surface area contributed by atoms with Crippen molar-refractivity contribution >= 4 is 11.6 Å². The van der Waals surface area contributed by atoms with Crippen molar-refractivity contribution in [2.24, 2.45) is 17.8 Å². The Kier molecular flexibility index (Phi) is 3.85. The first kappa shape index (κ1) is 10.3. The van der Waals surface area contributed by atoms with Crippen LogP contribution in [0.5, 0.6) is 0 Å². The molecule has 1 unspecified atom stereocenters. The van der Waals surface area contributed by atoms with E-state index in [1.54, 1.807) is 0 Å². The molecule has 0 bridgehead atoms. The second kappa shape index (κ2) is 4.48. The van der Waals surface area contributed by atoms with E-state index in [0.29, 0.717) is 5.92 Å². The van der Waals surface area contributed by atoms with Crippen LogP contribution in [0.3, 0.4) is 0 Å². The van der Waals surface area contributed by atoms with E-state index >= 15 is 0 Å². The van der Waals surface area contributed by atoms with Crippen LogP contribution in [0.4, 0.5) is 0 Å². The molecule has 0 aromatic carbocycles. The molecule has 1 aliphatic rings. The molecular weight excluding hydrogens is 172 g/mol. The minimum atomic E-state index is -0.613. The fraction of sp³-hybridized carbons (Fsp3) is 1.00. The molecule has 1 saturated carbocycles. The van der Waals surface area contributed by atoms with Crippen LogP contribution in [-0.2, 0) is 0 Å². The Bertz CT molecular complexity index is 110. The Hall–Kier alpha value is 0.250. The van der Waals surface area contributed by atoms with Crippen LogP contribution >= 0.6 is 11.6 Å². The maximum Gasteiger partial charge on any atom is 0.130 e. The molecule has 1 N–H and O–H groups in total. The number of alkyl halides is 1. The number of aliphatic hydroxyl groups excluding tert-OH is 1. The molecule has 0 aliphatic heterocycles. The summed E-state index contributed by atoms with van der Waals surface area (Å²) in [6, 6.07) is 0. The highest BCUT2D eigenvalue weighted by Crippen LogP contribution is 2.35. The molecule has 72 valence electrons. The van der Waals surface area contributed by atoms with Crippen molar-refractivity contribution in [3.05, 3.63) is 0 Å². The SMILES string of the molecule is CC(C)[C@H]1CC[C@H](C(O)Cl)CC1. The lowest BCUT2D eigenvalue weighted by Gasteiger charge is -2.31. The lowest BCUT2D eigenvalue weighted by molar-refractivity contribution is 0.123. The number of hydrogen-bond donors (Lipinski definition) is 1.